The Morgan fingerprint density at radius 2 is 1.67 bits per heavy atom. The molecule has 0 saturated carbocycles. The van der Waals surface area contributed by atoms with Gasteiger partial charge in [-0.2, -0.15) is 0 Å². The third-order valence-corrected chi connectivity index (χ3v) is 2.61. The first-order chi connectivity index (χ1) is 6.93. The Hall–Kier alpha value is -1.06. The summed E-state index contributed by atoms with van der Waals surface area (Å²) in [5, 5.41) is 17.1. The van der Waals surface area contributed by atoms with E-state index in [0.29, 0.717) is 18.8 Å². The van der Waals surface area contributed by atoms with Crippen molar-refractivity contribution < 1.29 is 19.8 Å². The Balaban J connectivity index is 3.50. The molecule has 2 unspecified atom stereocenters. The average Bonchev–Trinajstić information content (AvgIpc) is 2.14. The van der Waals surface area contributed by atoms with Crippen LogP contribution in [0.4, 0.5) is 0 Å². The predicted molar refractivity (Wildman–Crippen MR) is 56.7 cm³/mol. The third-order valence-electron chi connectivity index (χ3n) is 2.61. The predicted octanol–water partition coefficient (Wildman–Crippen LogP) is 2.38. The van der Waals surface area contributed by atoms with Crippen molar-refractivity contribution in [1.82, 2.24) is 0 Å². The van der Waals surface area contributed by atoms with E-state index in [-0.39, 0.29) is 12.3 Å². The largest absolute Gasteiger partial charge is 0.481 e. The SMILES string of the molecule is CC(CCCC(C)C(=O)O)CCC(=O)O. The van der Waals surface area contributed by atoms with Gasteiger partial charge >= 0.3 is 11.9 Å². The Morgan fingerprint density at radius 3 is 2.13 bits per heavy atom. The van der Waals surface area contributed by atoms with Gasteiger partial charge in [-0.15, -0.1) is 0 Å². The molecule has 4 nitrogen and oxygen atoms in total. The summed E-state index contributed by atoms with van der Waals surface area (Å²) in [6.45, 7) is 3.71. The van der Waals surface area contributed by atoms with Gasteiger partial charge in [-0.3, -0.25) is 9.59 Å². The Bertz CT molecular complexity index is 213. The maximum absolute atomic E-state index is 10.5. The van der Waals surface area contributed by atoms with Crippen LogP contribution in [0, 0.1) is 11.8 Å². The molecule has 88 valence electrons. The first-order valence-electron chi connectivity index (χ1n) is 5.38. The van der Waals surface area contributed by atoms with Gasteiger partial charge in [0.2, 0.25) is 0 Å². The highest BCUT2D eigenvalue weighted by Gasteiger charge is 2.11. The van der Waals surface area contributed by atoms with E-state index >= 15 is 0 Å². The minimum absolute atomic E-state index is 0.204. The lowest BCUT2D eigenvalue weighted by atomic mass is 9.95. The van der Waals surface area contributed by atoms with E-state index in [0.717, 1.165) is 12.8 Å². The molecule has 0 spiro atoms. The maximum Gasteiger partial charge on any atom is 0.306 e. The van der Waals surface area contributed by atoms with Gasteiger partial charge in [0.15, 0.2) is 0 Å². The number of hydrogen-bond donors (Lipinski definition) is 2. The minimum atomic E-state index is -0.763. The fourth-order valence-corrected chi connectivity index (χ4v) is 1.41. The van der Waals surface area contributed by atoms with Crippen molar-refractivity contribution in [3.8, 4) is 0 Å². The van der Waals surface area contributed by atoms with Gasteiger partial charge in [0.05, 0.1) is 5.92 Å². The molecule has 4 heteroatoms. The van der Waals surface area contributed by atoms with Crippen LogP contribution >= 0.6 is 0 Å². The highest BCUT2D eigenvalue weighted by atomic mass is 16.4. The van der Waals surface area contributed by atoms with Crippen LogP contribution < -0.4 is 0 Å². The summed E-state index contributed by atoms with van der Waals surface area (Å²) < 4.78 is 0. The molecule has 0 bridgehead atoms. The summed E-state index contributed by atoms with van der Waals surface area (Å²) in [6, 6.07) is 0. The lowest BCUT2D eigenvalue weighted by molar-refractivity contribution is -0.141. The number of aliphatic carboxylic acids is 2. The maximum atomic E-state index is 10.5. The molecular weight excluding hydrogens is 196 g/mol. The number of carboxylic acid groups (broad SMARTS) is 2. The summed E-state index contributed by atoms with van der Waals surface area (Å²) in [5.74, 6) is -1.45. The van der Waals surface area contributed by atoms with Crippen LogP contribution in [0.3, 0.4) is 0 Å². The van der Waals surface area contributed by atoms with Crippen molar-refractivity contribution in [2.24, 2.45) is 11.8 Å². The summed E-state index contributed by atoms with van der Waals surface area (Å²) in [5.41, 5.74) is 0. The van der Waals surface area contributed by atoms with Crippen LogP contribution in [0.5, 0.6) is 0 Å². The molecule has 0 aliphatic carbocycles. The zero-order valence-corrected chi connectivity index (χ0v) is 9.40. The van der Waals surface area contributed by atoms with Crippen LogP contribution in [0.25, 0.3) is 0 Å². The smallest absolute Gasteiger partial charge is 0.306 e. The van der Waals surface area contributed by atoms with E-state index in [9.17, 15) is 9.59 Å². The molecule has 0 rings (SSSR count). The number of carboxylic acids is 2. The Morgan fingerprint density at radius 1 is 1.07 bits per heavy atom. The molecule has 2 atom stereocenters. The van der Waals surface area contributed by atoms with Gasteiger partial charge in [0.25, 0.3) is 0 Å². The lowest BCUT2D eigenvalue weighted by Crippen LogP contribution is -2.09. The van der Waals surface area contributed by atoms with Crippen LogP contribution in [-0.2, 0) is 9.59 Å². The highest BCUT2D eigenvalue weighted by molar-refractivity contribution is 5.69. The molecule has 0 amide bonds. The molecule has 0 aromatic carbocycles. The van der Waals surface area contributed by atoms with Crippen molar-refractivity contribution in [3.63, 3.8) is 0 Å². The first kappa shape index (κ1) is 13.9. The first-order valence-corrected chi connectivity index (χ1v) is 5.38. The van der Waals surface area contributed by atoms with Crippen LogP contribution in [0.1, 0.15) is 46.0 Å². The van der Waals surface area contributed by atoms with Crippen LogP contribution in [0.15, 0.2) is 0 Å². The van der Waals surface area contributed by atoms with E-state index in [2.05, 4.69) is 0 Å². The lowest BCUT2D eigenvalue weighted by Gasteiger charge is -2.10. The quantitative estimate of drug-likeness (QED) is 0.653. The zero-order valence-electron chi connectivity index (χ0n) is 9.40. The molecule has 2 N–H and O–H groups in total. The molecule has 0 aromatic rings. The summed E-state index contributed by atoms with van der Waals surface area (Å²) >= 11 is 0. The van der Waals surface area contributed by atoms with Crippen molar-refractivity contribution >= 4 is 11.9 Å². The second kappa shape index (κ2) is 7.26. The van der Waals surface area contributed by atoms with E-state index < -0.39 is 11.9 Å². The van der Waals surface area contributed by atoms with Crippen molar-refractivity contribution in [2.75, 3.05) is 0 Å². The third kappa shape index (κ3) is 7.97. The van der Waals surface area contributed by atoms with Gasteiger partial charge in [0, 0.05) is 6.42 Å². The van der Waals surface area contributed by atoms with Gasteiger partial charge < -0.3 is 10.2 Å². The zero-order chi connectivity index (χ0) is 11.8. The molecule has 0 aromatic heterocycles. The number of rotatable bonds is 8. The molecule has 0 aliphatic rings. The summed E-state index contributed by atoms with van der Waals surface area (Å²) in [7, 11) is 0. The van der Waals surface area contributed by atoms with Gasteiger partial charge in [-0.25, -0.2) is 0 Å². The Kier molecular flexibility index (Phi) is 6.75. The molecule has 0 aliphatic heterocycles. The van der Waals surface area contributed by atoms with E-state index in [1.165, 1.54) is 0 Å². The topological polar surface area (TPSA) is 74.6 Å². The monoisotopic (exact) mass is 216 g/mol. The minimum Gasteiger partial charge on any atom is -0.481 e. The highest BCUT2D eigenvalue weighted by Crippen LogP contribution is 2.16. The van der Waals surface area contributed by atoms with E-state index in [1.54, 1.807) is 6.92 Å². The fourth-order valence-electron chi connectivity index (χ4n) is 1.41. The van der Waals surface area contributed by atoms with Crippen molar-refractivity contribution in [2.45, 2.75) is 46.0 Å². The summed E-state index contributed by atoms with van der Waals surface area (Å²) in [6.07, 6.45) is 3.32. The molecule has 15 heavy (non-hydrogen) atoms. The van der Waals surface area contributed by atoms with Gasteiger partial charge in [0.1, 0.15) is 0 Å². The van der Waals surface area contributed by atoms with Crippen LogP contribution in [0.2, 0.25) is 0 Å². The second-order valence-corrected chi connectivity index (χ2v) is 4.21. The number of hydrogen-bond acceptors (Lipinski definition) is 2. The van der Waals surface area contributed by atoms with Gasteiger partial charge in [-0.1, -0.05) is 26.7 Å². The second-order valence-electron chi connectivity index (χ2n) is 4.21. The molecule has 0 fully saturated rings. The van der Waals surface area contributed by atoms with Gasteiger partial charge in [-0.05, 0) is 18.8 Å². The van der Waals surface area contributed by atoms with Crippen molar-refractivity contribution in [3.05, 3.63) is 0 Å². The normalized spacial score (nSPS) is 14.5. The molecular formula is C11H20O4. The average molecular weight is 216 g/mol. The standard InChI is InChI=1S/C11H20O4/c1-8(6-7-10(12)13)4-3-5-9(2)11(14)15/h8-9H,3-7H2,1-2H3,(H,12,13)(H,14,15). The number of carbonyl (C=O) groups is 2. The van der Waals surface area contributed by atoms with Crippen molar-refractivity contribution in [1.29, 1.82) is 0 Å². The molecule has 0 radical (unpaired) electrons. The molecule has 0 heterocycles. The molecule has 0 saturated heterocycles. The Labute approximate surface area is 90.3 Å². The fraction of sp³-hybridized carbons (Fsp3) is 0.818. The van der Waals surface area contributed by atoms with E-state index in [4.69, 9.17) is 10.2 Å². The summed E-state index contributed by atoms with van der Waals surface area (Å²) in [4.78, 5) is 20.8. The van der Waals surface area contributed by atoms with Crippen LogP contribution in [-0.4, -0.2) is 22.2 Å². The van der Waals surface area contributed by atoms with E-state index in [1.807, 2.05) is 6.92 Å².